The molecule has 2 rings (SSSR count). The van der Waals surface area contributed by atoms with E-state index in [1.807, 2.05) is 48.5 Å². The molecule has 0 heterocycles. The monoisotopic (exact) mass is 254 g/mol. The Morgan fingerprint density at radius 3 is 1.74 bits per heavy atom. The quantitative estimate of drug-likeness (QED) is 0.830. The molecule has 0 aromatic heterocycles. The predicted octanol–water partition coefficient (Wildman–Crippen LogP) is 4.55. The molecule has 1 heteroatoms. The van der Waals surface area contributed by atoms with Crippen LogP contribution in [-0.2, 0) is 0 Å². The number of rotatable bonds is 5. The van der Waals surface area contributed by atoms with Crippen LogP contribution in [0.15, 0.2) is 60.7 Å². The maximum absolute atomic E-state index is 10.7. The summed E-state index contributed by atoms with van der Waals surface area (Å²) in [5.74, 6) is 0.715. The molecule has 0 aliphatic carbocycles. The van der Waals surface area contributed by atoms with Gasteiger partial charge in [0.05, 0.1) is 6.10 Å². The topological polar surface area (TPSA) is 20.2 Å². The Hall–Kier alpha value is -1.60. The molecule has 2 aromatic carbocycles. The van der Waals surface area contributed by atoms with Gasteiger partial charge in [-0.3, -0.25) is 0 Å². The van der Waals surface area contributed by atoms with Gasteiger partial charge in [-0.2, -0.15) is 0 Å². The van der Waals surface area contributed by atoms with Gasteiger partial charge >= 0.3 is 0 Å². The Balaban J connectivity index is 2.28. The van der Waals surface area contributed by atoms with Crippen molar-refractivity contribution in [1.29, 1.82) is 0 Å². The van der Waals surface area contributed by atoms with E-state index < -0.39 is 6.10 Å². The molecule has 0 amide bonds. The third kappa shape index (κ3) is 3.68. The van der Waals surface area contributed by atoms with Crippen molar-refractivity contribution in [2.45, 2.75) is 32.3 Å². The van der Waals surface area contributed by atoms with Crippen molar-refractivity contribution in [1.82, 2.24) is 0 Å². The number of benzene rings is 2. The Morgan fingerprint density at radius 2 is 1.26 bits per heavy atom. The van der Waals surface area contributed by atoms with Gasteiger partial charge in [0.1, 0.15) is 0 Å². The molecular weight excluding hydrogens is 232 g/mol. The first kappa shape index (κ1) is 13.8. The van der Waals surface area contributed by atoms with E-state index in [1.54, 1.807) is 0 Å². The number of hydrogen-bond donors (Lipinski definition) is 1. The average Bonchev–Trinajstić information content (AvgIpc) is 2.46. The maximum atomic E-state index is 10.7. The molecule has 2 atom stereocenters. The van der Waals surface area contributed by atoms with Crippen molar-refractivity contribution in [2.75, 3.05) is 0 Å². The second-order valence-corrected chi connectivity index (χ2v) is 5.50. The Morgan fingerprint density at radius 1 is 0.789 bits per heavy atom. The molecule has 1 nitrogen and oxygen atoms in total. The van der Waals surface area contributed by atoms with E-state index in [1.165, 1.54) is 5.56 Å². The highest BCUT2D eigenvalue weighted by Gasteiger charge is 2.23. The van der Waals surface area contributed by atoms with E-state index in [0.717, 1.165) is 12.0 Å². The highest BCUT2D eigenvalue weighted by molar-refractivity contribution is 5.26. The summed E-state index contributed by atoms with van der Waals surface area (Å²) in [5.41, 5.74) is 2.21. The fraction of sp³-hybridized carbons (Fsp3) is 0.333. The molecule has 0 aliphatic heterocycles. The zero-order valence-corrected chi connectivity index (χ0v) is 11.7. The molecule has 19 heavy (non-hydrogen) atoms. The predicted molar refractivity (Wildman–Crippen MR) is 80.0 cm³/mol. The Labute approximate surface area is 115 Å². The van der Waals surface area contributed by atoms with Crippen LogP contribution in [0.1, 0.15) is 43.4 Å². The van der Waals surface area contributed by atoms with Crippen LogP contribution in [0.4, 0.5) is 0 Å². The number of aliphatic hydroxyl groups excluding tert-OH is 1. The molecule has 0 unspecified atom stereocenters. The highest BCUT2D eigenvalue weighted by atomic mass is 16.3. The summed E-state index contributed by atoms with van der Waals surface area (Å²) >= 11 is 0. The van der Waals surface area contributed by atoms with E-state index in [4.69, 9.17) is 0 Å². The first-order chi connectivity index (χ1) is 9.18. The zero-order chi connectivity index (χ0) is 13.7. The van der Waals surface area contributed by atoms with Gasteiger partial charge < -0.3 is 5.11 Å². The molecule has 100 valence electrons. The molecule has 1 N–H and O–H groups in total. The molecule has 0 fully saturated rings. The average molecular weight is 254 g/mol. The molecule has 0 bridgehead atoms. The van der Waals surface area contributed by atoms with E-state index in [9.17, 15) is 5.11 Å². The number of aliphatic hydroxyl groups is 1. The molecule has 0 saturated carbocycles. The summed E-state index contributed by atoms with van der Waals surface area (Å²) in [5, 5.41) is 10.7. The van der Waals surface area contributed by atoms with Gasteiger partial charge in [-0.05, 0) is 23.5 Å². The highest BCUT2D eigenvalue weighted by Crippen LogP contribution is 2.35. The lowest BCUT2D eigenvalue weighted by atomic mass is 9.83. The Kier molecular flexibility index (Phi) is 4.75. The van der Waals surface area contributed by atoms with Crippen LogP contribution in [0.2, 0.25) is 0 Å². The normalized spacial score (nSPS) is 14.3. The lowest BCUT2D eigenvalue weighted by Crippen LogP contribution is -2.13. The SMILES string of the molecule is CC(C)C[C@@H](c1ccccc1)[C@@H](O)c1ccccc1. The summed E-state index contributed by atoms with van der Waals surface area (Å²) in [6.45, 7) is 4.40. The van der Waals surface area contributed by atoms with Gasteiger partial charge in [-0.25, -0.2) is 0 Å². The van der Waals surface area contributed by atoms with Gasteiger partial charge in [0.2, 0.25) is 0 Å². The molecule has 2 aromatic rings. The van der Waals surface area contributed by atoms with Crippen LogP contribution in [0, 0.1) is 5.92 Å². The summed E-state index contributed by atoms with van der Waals surface area (Å²) < 4.78 is 0. The van der Waals surface area contributed by atoms with E-state index in [0.29, 0.717) is 5.92 Å². The van der Waals surface area contributed by atoms with Gasteiger partial charge in [0, 0.05) is 5.92 Å². The first-order valence-corrected chi connectivity index (χ1v) is 6.96. The summed E-state index contributed by atoms with van der Waals surface area (Å²) in [4.78, 5) is 0. The van der Waals surface area contributed by atoms with E-state index >= 15 is 0 Å². The first-order valence-electron chi connectivity index (χ1n) is 6.96. The van der Waals surface area contributed by atoms with Gasteiger partial charge in [0.25, 0.3) is 0 Å². The molecule has 0 saturated heterocycles. The van der Waals surface area contributed by atoms with Gasteiger partial charge in [0.15, 0.2) is 0 Å². The van der Waals surface area contributed by atoms with Crippen molar-refractivity contribution < 1.29 is 5.11 Å². The molecular formula is C18H22O. The van der Waals surface area contributed by atoms with Crippen LogP contribution in [-0.4, -0.2) is 5.11 Å². The Bertz CT molecular complexity index is 476. The second-order valence-electron chi connectivity index (χ2n) is 5.50. The van der Waals surface area contributed by atoms with Crippen LogP contribution < -0.4 is 0 Å². The summed E-state index contributed by atoms with van der Waals surface area (Å²) in [6, 6.07) is 20.3. The smallest absolute Gasteiger partial charge is 0.0858 e. The molecule has 0 spiro atoms. The lowest BCUT2D eigenvalue weighted by molar-refractivity contribution is 0.134. The summed E-state index contributed by atoms with van der Waals surface area (Å²) in [7, 11) is 0. The molecule has 0 radical (unpaired) electrons. The van der Waals surface area contributed by atoms with Crippen molar-refractivity contribution >= 4 is 0 Å². The minimum Gasteiger partial charge on any atom is -0.388 e. The van der Waals surface area contributed by atoms with Crippen LogP contribution in [0.25, 0.3) is 0 Å². The lowest BCUT2D eigenvalue weighted by Gasteiger charge is -2.25. The van der Waals surface area contributed by atoms with Gasteiger partial charge in [-0.1, -0.05) is 74.5 Å². The fourth-order valence-corrected chi connectivity index (χ4v) is 2.54. The fourth-order valence-electron chi connectivity index (χ4n) is 2.54. The maximum Gasteiger partial charge on any atom is 0.0858 e. The van der Waals surface area contributed by atoms with Crippen molar-refractivity contribution in [3.63, 3.8) is 0 Å². The third-order valence-electron chi connectivity index (χ3n) is 3.48. The van der Waals surface area contributed by atoms with Gasteiger partial charge in [-0.15, -0.1) is 0 Å². The van der Waals surface area contributed by atoms with Crippen LogP contribution >= 0.6 is 0 Å². The minimum atomic E-state index is -0.439. The van der Waals surface area contributed by atoms with E-state index in [2.05, 4.69) is 26.0 Å². The number of hydrogen-bond acceptors (Lipinski definition) is 1. The van der Waals surface area contributed by atoms with Crippen LogP contribution in [0.5, 0.6) is 0 Å². The minimum absolute atomic E-state index is 0.156. The second kappa shape index (κ2) is 6.53. The summed E-state index contributed by atoms with van der Waals surface area (Å²) in [6.07, 6.45) is 0.547. The zero-order valence-electron chi connectivity index (χ0n) is 11.7. The van der Waals surface area contributed by atoms with Crippen LogP contribution in [0.3, 0.4) is 0 Å². The molecule has 0 aliphatic rings. The van der Waals surface area contributed by atoms with Crippen molar-refractivity contribution in [3.05, 3.63) is 71.8 Å². The van der Waals surface area contributed by atoms with E-state index in [-0.39, 0.29) is 5.92 Å². The third-order valence-corrected chi connectivity index (χ3v) is 3.48. The van der Waals surface area contributed by atoms with Crippen molar-refractivity contribution in [2.24, 2.45) is 5.92 Å². The standard InChI is InChI=1S/C18H22O/c1-14(2)13-17(15-9-5-3-6-10-15)18(19)16-11-7-4-8-12-16/h3-12,14,17-19H,13H2,1-2H3/t17-,18-/m0/s1. The largest absolute Gasteiger partial charge is 0.388 e. The van der Waals surface area contributed by atoms with Crippen molar-refractivity contribution in [3.8, 4) is 0 Å².